The molecule has 154 valence electrons. The van der Waals surface area contributed by atoms with Crippen molar-refractivity contribution in [2.24, 2.45) is 0 Å². The summed E-state index contributed by atoms with van der Waals surface area (Å²) in [5.74, 6) is 0. The van der Waals surface area contributed by atoms with E-state index in [1.165, 1.54) is 16.7 Å². The van der Waals surface area contributed by atoms with E-state index < -0.39 is 0 Å². The Morgan fingerprint density at radius 1 is 0.700 bits per heavy atom. The summed E-state index contributed by atoms with van der Waals surface area (Å²) in [4.78, 5) is 4.88. The van der Waals surface area contributed by atoms with Crippen molar-refractivity contribution in [2.45, 2.75) is 19.0 Å². The minimum atomic E-state index is 0.207. The van der Waals surface area contributed by atoms with Crippen LogP contribution in [0.2, 0.25) is 0 Å². The van der Waals surface area contributed by atoms with Crippen molar-refractivity contribution in [3.8, 4) is 0 Å². The van der Waals surface area contributed by atoms with Crippen LogP contribution in [0, 0.1) is 0 Å². The van der Waals surface area contributed by atoms with Gasteiger partial charge in [0.25, 0.3) is 0 Å². The minimum Gasteiger partial charge on any atom is -0.356 e. The maximum Gasteiger partial charge on any atom is 0.169 e. The summed E-state index contributed by atoms with van der Waals surface area (Å²) in [6.07, 6.45) is 0. The molecular formula is C26H29N3S. The van der Waals surface area contributed by atoms with Gasteiger partial charge in [0.05, 0.1) is 12.1 Å². The third kappa shape index (κ3) is 4.89. The van der Waals surface area contributed by atoms with E-state index in [4.69, 9.17) is 12.2 Å². The second-order valence-corrected chi connectivity index (χ2v) is 8.22. The van der Waals surface area contributed by atoms with Gasteiger partial charge in [0.2, 0.25) is 0 Å². The number of rotatable bonds is 5. The molecule has 1 N–H and O–H groups in total. The maximum absolute atomic E-state index is 5.74. The zero-order valence-electron chi connectivity index (χ0n) is 17.4. The van der Waals surface area contributed by atoms with Gasteiger partial charge in [-0.25, -0.2) is 0 Å². The average molecular weight is 416 g/mol. The lowest BCUT2D eigenvalue weighted by atomic mass is 9.96. The molecule has 1 aliphatic rings. The van der Waals surface area contributed by atoms with Gasteiger partial charge in [-0.3, -0.25) is 4.90 Å². The molecule has 1 aliphatic heterocycles. The monoisotopic (exact) mass is 415 g/mol. The molecule has 3 aromatic rings. The molecule has 0 saturated carbocycles. The molecule has 1 saturated heterocycles. The first kappa shape index (κ1) is 20.6. The summed E-state index contributed by atoms with van der Waals surface area (Å²) in [7, 11) is 0. The summed E-state index contributed by atoms with van der Waals surface area (Å²) in [6, 6.07) is 32.6. The lowest BCUT2D eigenvalue weighted by Gasteiger charge is -2.41. The summed E-state index contributed by atoms with van der Waals surface area (Å²) in [6.45, 7) is 6.00. The third-order valence-corrected chi connectivity index (χ3v) is 6.21. The van der Waals surface area contributed by atoms with Gasteiger partial charge >= 0.3 is 0 Å². The molecule has 1 unspecified atom stereocenters. The Morgan fingerprint density at radius 3 is 1.60 bits per heavy atom. The van der Waals surface area contributed by atoms with Gasteiger partial charge in [0.1, 0.15) is 0 Å². The number of benzene rings is 3. The van der Waals surface area contributed by atoms with Crippen LogP contribution in [0.4, 0.5) is 0 Å². The second kappa shape index (κ2) is 9.88. The number of thiocarbonyl (C=S) groups is 1. The Kier molecular flexibility index (Phi) is 6.77. The average Bonchev–Trinajstić information content (AvgIpc) is 2.81. The van der Waals surface area contributed by atoms with E-state index in [1.54, 1.807) is 0 Å². The van der Waals surface area contributed by atoms with Crippen molar-refractivity contribution < 1.29 is 0 Å². The lowest BCUT2D eigenvalue weighted by molar-refractivity contribution is 0.149. The van der Waals surface area contributed by atoms with E-state index in [1.807, 2.05) is 6.07 Å². The molecule has 0 aromatic heterocycles. The zero-order chi connectivity index (χ0) is 20.8. The molecule has 4 heteroatoms. The highest BCUT2D eigenvalue weighted by Crippen LogP contribution is 2.29. The fourth-order valence-corrected chi connectivity index (χ4v) is 4.53. The summed E-state index contributed by atoms with van der Waals surface area (Å²) in [5.41, 5.74) is 3.94. The molecular weight excluding hydrogens is 386 g/mol. The van der Waals surface area contributed by atoms with Gasteiger partial charge in [-0.05, 0) is 35.8 Å². The van der Waals surface area contributed by atoms with Crippen molar-refractivity contribution in [3.63, 3.8) is 0 Å². The molecule has 0 bridgehead atoms. The number of hydrogen-bond acceptors (Lipinski definition) is 2. The van der Waals surface area contributed by atoms with Crippen LogP contribution in [0.1, 0.15) is 35.7 Å². The molecule has 1 atom stereocenters. The van der Waals surface area contributed by atoms with Gasteiger partial charge in [0, 0.05) is 26.2 Å². The number of piperazine rings is 1. The smallest absolute Gasteiger partial charge is 0.169 e. The van der Waals surface area contributed by atoms with Crippen LogP contribution in [-0.2, 0) is 0 Å². The molecule has 3 nitrogen and oxygen atoms in total. The molecule has 0 spiro atoms. The van der Waals surface area contributed by atoms with Crippen molar-refractivity contribution in [1.82, 2.24) is 15.1 Å². The van der Waals surface area contributed by atoms with Crippen LogP contribution in [-0.4, -0.2) is 41.1 Å². The highest BCUT2D eigenvalue weighted by Gasteiger charge is 2.27. The van der Waals surface area contributed by atoms with E-state index in [2.05, 4.69) is 107 Å². The largest absolute Gasteiger partial charge is 0.356 e. The summed E-state index contributed by atoms with van der Waals surface area (Å²) >= 11 is 5.74. The quantitative estimate of drug-likeness (QED) is 0.589. The molecule has 1 heterocycles. The second-order valence-electron chi connectivity index (χ2n) is 7.83. The van der Waals surface area contributed by atoms with Crippen molar-refractivity contribution >= 4 is 17.3 Å². The maximum atomic E-state index is 5.74. The van der Waals surface area contributed by atoms with E-state index >= 15 is 0 Å². The highest BCUT2D eigenvalue weighted by molar-refractivity contribution is 7.80. The Morgan fingerprint density at radius 2 is 1.13 bits per heavy atom. The number of hydrogen-bond donors (Lipinski definition) is 1. The van der Waals surface area contributed by atoms with Crippen molar-refractivity contribution in [2.75, 3.05) is 26.2 Å². The Bertz CT molecular complexity index is 883. The fraction of sp³-hybridized carbons (Fsp3) is 0.269. The first-order valence-electron chi connectivity index (χ1n) is 10.7. The van der Waals surface area contributed by atoms with E-state index in [0.29, 0.717) is 0 Å². The Balaban J connectivity index is 1.41. The first-order chi connectivity index (χ1) is 14.7. The standard InChI is InChI=1S/C26H29N3S/c1-21(22-11-5-2-6-12-22)27-26(30)29-19-17-28(18-20-29)25(23-13-7-3-8-14-23)24-15-9-4-10-16-24/h2-16,21,25H,17-20H2,1H3,(H,27,30). The fourth-order valence-electron chi connectivity index (χ4n) is 4.17. The molecule has 3 aromatic carbocycles. The Hall–Kier alpha value is -2.69. The topological polar surface area (TPSA) is 18.5 Å². The van der Waals surface area contributed by atoms with Crippen LogP contribution in [0.15, 0.2) is 91.0 Å². The van der Waals surface area contributed by atoms with E-state index in [0.717, 1.165) is 31.3 Å². The van der Waals surface area contributed by atoms with Crippen molar-refractivity contribution in [3.05, 3.63) is 108 Å². The zero-order valence-corrected chi connectivity index (χ0v) is 18.3. The van der Waals surface area contributed by atoms with Crippen LogP contribution >= 0.6 is 12.2 Å². The highest BCUT2D eigenvalue weighted by atomic mass is 32.1. The molecule has 0 amide bonds. The summed E-state index contributed by atoms with van der Waals surface area (Å²) < 4.78 is 0. The van der Waals surface area contributed by atoms with E-state index in [-0.39, 0.29) is 12.1 Å². The van der Waals surface area contributed by atoms with Crippen molar-refractivity contribution in [1.29, 1.82) is 0 Å². The van der Waals surface area contributed by atoms with Gasteiger partial charge in [-0.15, -0.1) is 0 Å². The van der Waals surface area contributed by atoms with Crippen LogP contribution < -0.4 is 5.32 Å². The minimum absolute atomic E-state index is 0.207. The SMILES string of the molecule is CC(NC(=S)N1CCN(C(c2ccccc2)c2ccccc2)CC1)c1ccccc1. The van der Waals surface area contributed by atoms with Gasteiger partial charge < -0.3 is 10.2 Å². The lowest BCUT2D eigenvalue weighted by Crippen LogP contribution is -2.52. The van der Waals surface area contributed by atoms with Gasteiger partial charge in [-0.1, -0.05) is 91.0 Å². The predicted molar refractivity (Wildman–Crippen MR) is 128 cm³/mol. The molecule has 0 radical (unpaired) electrons. The van der Waals surface area contributed by atoms with Gasteiger partial charge in [-0.2, -0.15) is 0 Å². The van der Waals surface area contributed by atoms with Crippen LogP contribution in [0.3, 0.4) is 0 Å². The normalized spacial score (nSPS) is 15.7. The molecule has 0 aliphatic carbocycles. The third-order valence-electron chi connectivity index (χ3n) is 5.84. The predicted octanol–water partition coefficient (Wildman–Crippen LogP) is 5.03. The summed E-state index contributed by atoms with van der Waals surface area (Å²) in [5, 5.41) is 4.36. The number of nitrogens with zero attached hydrogens (tertiary/aromatic N) is 2. The van der Waals surface area contributed by atoms with Crippen LogP contribution in [0.5, 0.6) is 0 Å². The first-order valence-corrected chi connectivity index (χ1v) is 11.1. The number of nitrogens with one attached hydrogen (secondary N) is 1. The Labute approximate surface area is 185 Å². The van der Waals surface area contributed by atoms with Gasteiger partial charge in [0.15, 0.2) is 5.11 Å². The molecule has 4 rings (SSSR count). The molecule has 1 fully saturated rings. The van der Waals surface area contributed by atoms with Crippen LogP contribution in [0.25, 0.3) is 0 Å². The molecule has 30 heavy (non-hydrogen) atoms. The van der Waals surface area contributed by atoms with E-state index in [9.17, 15) is 0 Å².